The predicted molar refractivity (Wildman–Crippen MR) is 98.2 cm³/mol. The average Bonchev–Trinajstić information content (AvgIpc) is 3.08. The first-order valence-corrected chi connectivity index (χ1v) is 8.96. The lowest BCUT2D eigenvalue weighted by Gasteiger charge is -2.15. The first-order chi connectivity index (χ1) is 11.7. The summed E-state index contributed by atoms with van der Waals surface area (Å²) < 4.78 is 10.6. The second-order valence-corrected chi connectivity index (χ2v) is 6.50. The molecule has 1 unspecified atom stereocenters. The zero-order valence-electron chi connectivity index (χ0n) is 13.8. The van der Waals surface area contributed by atoms with Gasteiger partial charge in [-0.15, -0.1) is 11.8 Å². The van der Waals surface area contributed by atoms with Gasteiger partial charge in [0.25, 0.3) is 0 Å². The number of benzene rings is 2. The molecule has 0 amide bonds. The maximum Gasteiger partial charge on any atom is 0.335 e. The van der Waals surface area contributed by atoms with E-state index in [1.165, 1.54) is 0 Å². The monoisotopic (exact) mass is 340 g/mol. The van der Waals surface area contributed by atoms with Crippen LogP contribution in [-0.2, 0) is 9.53 Å². The number of esters is 1. The van der Waals surface area contributed by atoms with Gasteiger partial charge in [0.1, 0.15) is 5.75 Å². The molecule has 0 spiro atoms. The van der Waals surface area contributed by atoms with Gasteiger partial charge in [0.2, 0.25) is 0 Å². The smallest absolute Gasteiger partial charge is 0.335 e. The van der Waals surface area contributed by atoms with Crippen LogP contribution in [0.15, 0.2) is 60.2 Å². The minimum Gasteiger partial charge on any atom is -0.497 e. The molecule has 2 aromatic carbocycles. The van der Waals surface area contributed by atoms with Crippen LogP contribution >= 0.6 is 11.8 Å². The summed E-state index contributed by atoms with van der Waals surface area (Å²) in [6, 6.07) is 18.0. The number of hydrogen-bond acceptors (Lipinski definition) is 4. The summed E-state index contributed by atoms with van der Waals surface area (Å²) in [7, 11) is 1.65. The lowest BCUT2D eigenvalue weighted by atomic mass is 9.91. The number of ether oxygens (including phenoxy) is 2. The van der Waals surface area contributed by atoms with Gasteiger partial charge in [-0.3, -0.25) is 0 Å². The lowest BCUT2D eigenvalue weighted by Crippen LogP contribution is -2.14. The Morgan fingerprint density at radius 1 is 1.12 bits per heavy atom. The summed E-state index contributed by atoms with van der Waals surface area (Å²) in [5, 5.41) is 0. The molecule has 0 saturated heterocycles. The van der Waals surface area contributed by atoms with E-state index in [0.29, 0.717) is 6.61 Å². The summed E-state index contributed by atoms with van der Waals surface area (Å²) in [6.07, 6.45) is 0. The van der Waals surface area contributed by atoms with E-state index in [-0.39, 0.29) is 11.9 Å². The van der Waals surface area contributed by atoms with Gasteiger partial charge in [0, 0.05) is 16.6 Å². The molecule has 0 fully saturated rings. The number of methoxy groups -OCH3 is 1. The van der Waals surface area contributed by atoms with Crippen LogP contribution in [0.4, 0.5) is 0 Å². The minimum absolute atomic E-state index is 0.0372. The van der Waals surface area contributed by atoms with Crippen molar-refractivity contribution in [3.8, 4) is 5.75 Å². The van der Waals surface area contributed by atoms with Crippen molar-refractivity contribution in [3.05, 3.63) is 71.3 Å². The highest BCUT2D eigenvalue weighted by Gasteiger charge is 2.34. The van der Waals surface area contributed by atoms with E-state index in [2.05, 4.69) is 0 Å². The zero-order valence-corrected chi connectivity index (χ0v) is 14.6. The second-order valence-electron chi connectivity index (χ2n) is 5.47. The fourth-order valence-corrected chi connectivity index (χ4v) is 4.23. The van der Waals surface area contributed by atoms with Gasteiger partial charge in [-0.2, -0.15) is 0 Å². The quantitative estimate of drug-likeness (QED) is 0.751. The molecule has 1 heterocycles. The van der Waals surface area contributed by atoms with Gasteiger partial charge < -0.3 is 9.47 Å². The molecule has 1 aliphatic rings. The predicted octanol–water partition coefficient (Wildman–Crippen LogP) is 4.50. The maximum atomic E-state index is 12.6. The Bertz CT molecular complexity index is 735. The summed E-state index contributed by atoms with van der Waals surface area (Å²) in [5.74, 6) is 1.47. The molecule has 2 aromatic rings. The summed E-state index contributed by atoms with van der Waals surface area (Å²) in [6.45, 7) is 2.22. The highest BCUT2D eigenvalue weighted by atomic mass is 32.2. The number of carbonyl (C=O) groups is 1. The van der Waals surface area contributed by atoms with Crippen LogP contribution in [0.2, 0.25) is 0 Å². The van der Waals surface area contributed by atoms with E-state index < -0.39 is 0 Å². The lowest BCUT2D eigenvalue weighted by molar-refractivity contribution is -0.138. The second kappa shape index (κ2) is 7.58. The fraction of sp³-hybridized carbons (Fsp3) is 0.250. The fourth-order valence-electron chi connectivity index (χ4n) is 2.86. The zero-order chi connectivity index (χ0) is 16.9. The normalized spacial score (nSPS) is 17.0. The summed E-state index contributed by atoms with van der Waals surface area (Å²) >= 11 is 1.72. The van der Waals surface area contributed by atoms with Crippen LogP contribution in [0.5, 0.6) is 5.75 Å². The minimum atomic E-state index is -0.220. The Balaban J connectivity index is 2.02. The highest BCUT2D eigenvalue weighted by molar-refractivity contribution is 8.08. The third-order valence-corrected chi connectivity index (χ3v) is 5.28. The molecule has 1 atom stereocenters. The van der Waals surface area contributed by atoms with Crippen molar-refractivity contribution in [1.82, 2.24) is 0 Å². The first-order valence-electron chi connectivity index (χ1n) is 7.98. The molecule has 0 saturated carbocycles. The average molecular weight is 340 g/mol. The number of carbonyl (C=O) groups excluding carboxylic acids is 1. The number of rotatable bonds is 5. The molecular formula is C20H20O3S. The summed E-state index contributed by atoms with van der Waals surface area (Å²) in [5.41, 5.74) is 2.94. The van der Waals surface area contributed by atoms with Crippen molar-refractivity contribution in [3.63, 3.8) is 0 Å². The SMILES string of the molecule is CCOC(=O)C1=C(c2ccccc2)SCC1c1ccc(OC)cc1. The topological polar surface area (TPSA) is 35.5 Å². The molecular weight excluding hydrogens is 320 g/mol. The van der Waals surface area contributed by atoms with Gasteiger partial charge in [-0.25, -0.2) is 4.79 Å². The van der Waals surface area contributed by atoms with Gasteiger partial charge >= 0.3 is 5.97 Å². The van der Waals surface area contributed by atoms with E-state index in [4.69, 9.17) is 9.47 Å². The van der Waals surface area contributed by atoms with Crippen molar-refractivity contribution in [2.75, 3.05) is 19.5 Å². The molecule has 24 heavy (non-hydrogen) atoms. The summed E-state index contributed by atoms with van der Waals surface area (Å²) in [4.78, 5) is 13.6. The van der Waals surface area contributed by atoms with Crippen molar-refractivity contribution in [2.45, 2.75) is 12.8 Å². The number of thioether (sulfide) groups is 1. The standard InChI is InChI=1S/C20H20O3S/c1-3-23-20(21)18-17(14-9-11-16(22-2)12-10-14)13-24-19(18)15-7-5-4-6-8-15/h4-12,17H,3,13H2,1-2H3. The van der Waals surface area contributed by atoms with Gasteiger partial charge in [0.15, 0.2) is 0 Å². The molecule has 1 aliphatic heterocycles. The molecule has 0 aromatic heterocycles. The van der Waals surface area contributed by atoms with Gasteiger partial charge in [-0.1, -0.05) is 42.5 Å². The first kappa shape index (κ1) is 16.7. The van der Waals surface area contributed by atoms with Crippen LogP contribution in [0.25, 0.3) is 4.91 Å². The maximum absolute atomic E-state index is 12.6. The molecule has 0 N–H and O–H groups in total. The Hall–Kier alpha value is -2.20. The van der Waals surface area contributed by atoms with Gasteiger partial charge in [-0.05, 0) is 30.2 Å². The Kier molecular flexibility index (Phi) is 5.26. The van der Waals surface area contributed by atoms with Crippen LogP contribution in [0.1, 0.15) is 24.0 Å². The van der Waals surface area contributed by atoms with Crippen LogP contribution < -0.4 is 4.74 Å². The third-order valence-electron chi connectivity index (χ3n) is 4.04. The van der Waals surface area contributed by atoms with E-state index >= 15 is 0 Å². The van der Waals surface area contributed by atoms with Crippen molar-refractivity contribution in [2.24, 2.45) is 0 Å². The highest BCUT2D eigenvalue weighted by Crippen LogP contribution is 2.47. The third kappa shape index (κ3) is 3.34. The molecule has 0 radical (unpaired) electrons. The van der Waals surface area contributed by atoms with E-state index in [0.717, 1.165) is 33.1 Å². The van der Waals surface area contributed by atoms with Crippen LogP contribution in [0, 0.1) is 0 Å². The van der Waals surface area contributed by atoms with Crippen molar-refractivity contribution >= 4 is 22.6 Å². The van der Waals surface area contributed by atoms with Crippen LogP contribution in [-0.4, -0.2) is 25.4 Å². The molecule has 3 nitrogen and oxygen atoms in total. The van der Waals surface area contributed by atoms with Crippen molar-refractivity contribution in [1.29, 1.82) is 0 Å². The van der Waals surface area contributed by atoms with E-state index in [1.54, 1.807) is 18.9 Å². The Morgan fingerprint density at radius 2 is 1.83 bits per heavy atom. The Morgan fingerprint density at radius 3 is 2.46 bits per heavy atom. The van der Waals surface area contributed by atoms with Gasteiger partial charge in [0.05, 0.1) is 19.3 Å². The number of hydrogen-bond donors (Lipinski definition) is 0. The van der Waals surface area contributed by atoms with E-state index in [9.17, 15) is 4.79 Å². The molecule has 4 heteroatoms. The largest absolute Gasteiger partial charge is 0.497 e. The van der Waals surface area contributed by atoms with Crippen molar-refractivity contribution < 1.29 is 14.3 Å². The van der Waals surface area contributed by atoms with Crippen LogP contribution in [0.3, 0.4) is 0 Å². The molecule has 0 bridgehead atoms. The Labute approximate surface area is 146 Å². The molecule has 124 valence electrons. The molecule has 0 aliphatic carbocycles. The van der Waals surface area contributed by atoms with E-state index in [1.807, 2.05) is 61.5 Å². The molecule has 3 rings (SSSR count).